The second-order valence-corrected chi connectivity index (χ2v) is 5.83. The summed E-state index contributed by atoms with van der Waals surface area (Å²) in [6.45, 7) is 10.5. The molecule has 0 aliphatic carbocycles. The molecule has 1 aromatic carbocycles. The lowest BCUT2D eigenvalue weighted by atomic mass is 10.0. The number of aromatic nitrogens is 2. The van der Waals surface area contributed by atoms with Gasteiger partial charge in [-0.25, -0.2) is 0 Å². The summed E-state index contributed by atoms with van der Waals surface area (Å²) in [5, 5.41) is 8.16. The molecule has 0 saturated heterocycles. The van der Waals surface area contributed by atoms with E-state index in [-0.39, 0.29) is 0 Å². The Balaban J connectivity index is 1.81. The second kappa shape index (κ2) is 7.41. The van der Waals surface area contributed by atoms with Gasteiger partial charge in [0.1, 0.15) is 0 Å². The molecule has 0 aliphatic heterocycles. The van der Waals surface area contributed by atoms with Crippen LogP contribution in [0.2, 0.25) is 0 Å². The zero-order valence-electron chi connectivity index (χ0n) is 13.7. The van der Waals surface area contributed by atoms with Crippen LogP contribution < -0.4 is 5.32 Å². The first-order chi connectivity index (χ1) is 10.1. The summed E-state index contributed by atoms with van der Waals surface area (Å²) >= 11 is 0. The first kappa shape index (κ1) is 15.8. The SMILES string of the molecule is CCC(NCCCn1nc(C)cc1C)c1ccc(C)cc1. The Kier molecular flexibility index (Phi) is 5.57. The van der Waals surface area contributed by atoms with Crippen LogP contribution in [-0.2, 0) is 6.54 Å². The molecule has 1 N–H and O–H groups in total. The molecule has 0 bridgehead atoms. The third-order valence-corrected chi connectivity index (χ3v) is 3.93. The molecule has 1 aromatic heterocycles. The third kappa shape index (κ3) is 4.43. The van der Waals surface area contributed by atoms with Crippen molar-refractivity contribution in [2.24, 2.45) is 0 Å². The van der Waals surface area contributed by atoms with E-state index in [9.17, 15) is 0 Å². The highest BCUT2D eigenvalue weighted by Crippen LogP contribution is 2.17. The molecular formula is C18H27N3. The van der Waals surface area contributed by atoms with Gasteiger partial charge in [0, 0.05) is 18.3 Å². The molecule has 1 unspecified atom stereocenters. The van der Waals surface area contributed by atoms with E-state index < -0.39 is 0 Å². The van der Waals surface area contributed by atoms with Crippen LogP contribution in [0.1, 0.15) is 48.3 Å². The predicted octanol–water partition coefficient (Wildman–Crippen LogP) is 3.94. The Bertz CT molecular complexity index is 554. The minimum atomic E-state index is 0.450. The van der Waals surface area contributed by atoms with Crippen LogP contribution in [-0.4, -0.2) is 16.3 Å². The van der Waals surface area contributed by atoms with Crippen LogP contribution in [0.3, 0.4) is 0 Å². The minimum absolute atomic E-state index is 0.450. The van der Waals surface area contributed by atoms with E-state index in [1.165, 1.54) is 16.8 Å². The highest BCUT2D eigenvalue weighted by atomic mass is 15.3. The quantitative estimate of drug-likeness (QED) is 0.781. The maximum Gasteiger partial charge on any atom is 0.0596 e. The number of hydrogen-bond donors (Lipinski definition) is 1. The summed E-state index contributed by atoms with van der Waals surface area (Å²) < 4.78 is 2.10. The maximum absolute atomic E-state index is 4.50. The molecule has 0 fully saturated rings. The number of nitrogens with zero attached hydrogens (tertiary/aromatic N) is 2. The molecule has 3 heteroatoms. The number of rotatable bonds is 7. The van der Waals surface area contributed by atoms with Crippen LogP contribution in [0.4, 0.5) is 0 Å². The van der Waals surface area contributed by atoms with Crippen LogP contribution in [0, 0.1) is 20.8 Å². The van der Waals surface area contributed by atoms with E-state index >= 15 is 0 Å². The molecule has 3 nitrogen and oxygen atoms in total. The lowest BCUT2D eigenvalue weighted by molar-refractivity contribution is 0.475. The lowest BCUT2D eigenvalue weighted by Crippen LogP contribution is -2.23. The van der Waals surface area contributed by atoms with Gasteiger partial charge in [-0.1, -0.05) is 36.8 Å². The van der Waals surface area contributed by atoms with E-state index in [1.807, 2.05) is 6.92 Å². The van der Waals surface area contributed by atoms with Crippen LogP contribution in [0.15, 0.2) is 30.3 Å². The van der Waals surface area contributed by atoms with Crippen molar-refractivity contribution in [3.63, 3.8) is 0 Å². The van der Waals surface area contributed by atoms with Crippen LogP contribution >= 0.6 is 0 Å². The zero-order valence-corrected chi connectivity index (χ0v) is 13.7. The van der Waals surface area contributed by atoms with E-state index in [1.54, 1.807) is 0 Å². The fourth-order valence-electron chi connectivity index (χ4n) is 2.70. The standard InChI is InChI=1S/C18H27N3/c1-5-18(17-9-7-14(2)8-10-17)19-11-6-12-21-16(4)13-15(3)20-21/h7-10,13,18-19H,5-6,11-12H2,1-4H3. The molecule has 0 spiro atoms. The molecule has 0 aliphatic rings. The summed E-state index contributed by atoms with van der Waals surface area (Å²) in [7, 11) is 0. The minimum Gasteiger partial charge on any atom is -0.310 e. The number of nitrogens with one attached hydrogen (secondary N) is 1. The van der Waals surface area contributed by atoms with Crippen molar-refractivity contribution >= 4 is 0 Å². The van der Waals surface area contributed by atoms with Gasteiger partial charge in [-0.05, 0) is 51.8 Å². The first-order valence-corrected chi connectivity index (χ1v) is 7.91. The zero-order chi connectivity index (χ0) is 15.2. The number of aryl methyl sites for hydroxylation is 4. The van der Waals surface area contributed by atoms with Crippen molar-refractivity contribution in [3.8, 4) is 0 Å². The smallest absolute Gasteiger partial charge is 0.0596 e. The van der Waals surface area contributed by atoms with Gasteiger partial charge in [0.05, 0.1) is 5.69 Å². The fraction of sp³-hybridized carbons (Fsp3) is 0.500. The Morgan fingerprint density at radius 2 is 1.86 bits per heavy atom. The summed E-state index contributed by atoms with van der Waals surface area (Å²) in [6, 6.07) is 11.4. The Hall–Kier alpha value is -1.61. The summed E-state index contributed by atoms with van der Waals surface area (Å²) in [6.07, 6.45) is 2.22. The molecule has 1 heterocycles. The largest absolute Gasteiger partial charge is 0.310 e. The molecule has 0 saturated carbocycles. The number of benzene rings is 1. The monoisotopic (exact) mass is 285 g/mol. The fourth-order valence-corrected chi connectivity index (χ4v) is 2.70. The Morgan fingerprint density at radius 1 is 1.14 bits per heavy atom. The van der Waals surface area contributed by atoms with Crippen molar-refractivity contribution < 1.29 is 0 Å². The van der Waals surface area contributed by atoms with Gasteiger partial charge in [0.15, 0.2) is 0 Å². The van der Waals surface area contributed by atoms with Crippen LogP contribution in [0.5, 0.6) is 0 Å². The molecule has 0 amide bonds. The molecule has 114 valence electrons. The molecule has 2 rings (SSSR count). The van der Waals surface area contributed by atoms with Crippen LogP contribution in [0.25, 0.3) is 0 Å². The summed E-state index contributed by atoms with van der Waals surface area (Å²) in [4.78, 5) is 0. The molecule has 2 aromatic rings. The van der Waals surface area contributed by atoms with Gasteiger partial charge < -0.3 is 5.32 Å². The lowest BCUT2D eigenvalue weighted by Gasteiger charge is -2.18. The molecule has 1 atom stereocenters. The normalized spacial score (nSPS) is 12.6. The predicted molar refractivity (Wildman–Crippen MR) is 88.5 cm³/mol. The van der Waals surface area contributed by atoms with E-state index in [0.717, 1.165) is 31.6 Å². The average molecular weight is 285 g/mol. The Labute approximate surface area is 128 Å². The van der Waals surface area contributed by atoms with Gasteiger partial charge in [0.2, 0.25) is 0 Å². The molecular weight excluding hydrogens is 258 g/mol. The number of hydrogen-bond acceptors (Lipinski definition) is 2. The van der Waals surface area contributed by atoms with E-state index in [0.29, 0.717) is 6.04 Å². The summed E-state index contributed by atoms with van der Waals surface area (Å²) in [5.41, 5.74) is 5.05. The van der Waals surface area contributed by atoms with E-state index in [2.05, 4.69) is 66.2 Å². The van der Waals surface area contributed by atoms with Crippen molar-refractivity contribution in [2.75, 3.05) is 6.54 Å². The molecule has 21 heavy (non-hydrogen) atoms. The van der Waals surface area contributed by atoms with Crippen molar-refractivity contribution in [2.45, 2.75) is 53.1 Å². The second-order valence-electron chi connectivity index (χ2n) is 5.83. The van der Waals surface area contributed by atoms with E-state index in [4.69, 9.17) is 0 Å². The maximum atomic E-state index is 4.50. The van der Waals surface area contributed by atoms with Gasteiger partial charge >= 0.3 is 0 Å². The first-order valence-electron chi connectivity index (χ1n) is 7.91. The average Bonchev–Trinajstić information content (AvgIpc) is 2.78. The topological polar surface area (TPSA) is 29.9 Å². The van der Waals surface area contributed by atoms with Crippen molar-refractivity contribution in [1.29, 1.82) is 0 Å². The van der Waals surface area contributed by atoms with Gasteiger partial charge in [0.25, 0.3) is 0 Å². The highest BCUT2D eigenvalue weighted by molar-refractivity contribution is 5.24. The highest BCUT2D eigenvalue weighted by Gasteiger charge is 2.08. The van der Waals surface area contributed by atoms with Crippen molar-refractivity contribution in [1.82, 2.24) is 15.1 Å². The Morgan fingerprint density at radius 3 is 2.43 bits per heavy atom. The third-order valence-electron chi connectivity index (χ3n) is 3.93. The van der Waals surface area contributed by atoms with Crippen molar-refractivity contribution in [3.05, 3.63) is 52.8 Å². The van der Waals surface area contributed by atoms with Gasteiger partial charge in [-0.3, -0.25) is 4.68 Å². The summed E-state index contributed by atoms with van der Waals surface area (Å²) in [5.74, 6) is 0. The van der Waals surface area contributed by atoms with Gasteiger partial charge in [-0.15, -0.1) is 0 Å². The molecule has 0 radical (unpaired) electrons. The van der Waals surface area contributed by atoms with Gasteiger partial charge in [-0.2, -0.15) is 5.10 Å².